The van der Waals surface area contributed by atoms with Gasteiger partial charge in [-0.25, -0.2) is 0 Å². The number of nitrogens with one attached hydrogen (secondary N) is 1. The van der Waals surface area contributed by atoms with Crippen molar-refractivity contribution in [2.75, 3.05) is 20.1 Å². The molecule has 0 radical (unpaired) electrons. The maximum Gasteiger partial charge on any atom is 0.0597 e. The van der Waals surface area contributed by atoms with Crippen molar-refractivity contribution in [1.82, 2.24) is 20.0 Å². The quantitative estimate of drug-likeness (QED) is 0.825. The largest absolute Gasteiger partial charge is 0.315 e. The van der Waals surface area contributed by atoms with Gasteiger partial charge in [-0.1, -0.05) is 0 Å². The lowest BCUT2D eigenvalue weighted by Gasteiger charge is -2.31. The number of rotatable bonds is 3. The molecule has 1 aliphatic rings. The fourth-order valence-electron chi connectivity index (χ4n) is 2.41. The molecule has 1 unspecified atom stereocenters. The van der Waals surface area contributed by atoms with E-state index in [9.17, 15) is 0 Å². The van der Waals surface area contributed by atoms with E-state index in [4.69, 9.17) is 0 Å². The number of aromatic nitrogens is 2. The molecule has 0 saturated carbocycles. The molecular weight excluding hydrogens is 200 g/mol. The average Bonchev–Trinajstić information content (AvgIpc) is 2.59. The molecule has 0 aliphatic carbocycles. The Hall–Kier alpha value is -0.870. The number of hydrogen-bond donors (Lipinski definition) is 1. The lowest BCUT2D eigenvalue weighted by Crippen LogP contribution is -2.43. The standard InChI is InChI=1S/C12H22N4/c1-10-7-12(16(3)14-10)9-15(2)11-5-4-6-13-8-11/h7,11,13H,4-6,8-9H2,1-3H3. The lowest BCUT2D eigenvalue weighted by atomic mass is 10.1. The van der Waals surface area contributed by atoms with Gasteiger partial charge in [0.15, 0.2) is 0 Å². The van der Waals surface area contributed by atoms with Crippen molar-refractivity contribution >= 4 is 0 Å². The molecule has 4 heteroatoms. The zero-order chi connectivity index (χ0) is 11.5. The van der Waals surface area contributed by atoms with Gasteiger partial charge in [0.1, 0.15) is 0 Å². The Bertz CT molecular complexity index is 339. The van der Waals surface area contributed by atoms with Gasteiger partial charge in [-0.05, 0) is 39.4 Å². The summed E-state index contributed by atoms with van der Waals surface area (Å²) in [5.41, 5.74) is 2.40. The molecule has 1 aromatic heterocycles. The Kier molecular flexibility index (Phi) is 3.61. The Morgan fingerprint density at radius 2 is 2.44 bits per heavy atom. The molecule has 0 amide bonds. The molecule has 1 aliphatic heterocycles. The molecule has 16 heavy (non-hydrogen) atoms. The minimum atomic E-state index is 0.670. The van der Waals surface area contributed by atoms with Gasteiger partial charge in [-0.2, -0.15) is 5.10 Å². The van der Waals surface area contributed by atoms with Crippen LogP contribution < -0.4 is 5.32 Å². The van der Waals surface area contributed by atoms with Crippen LogP contribution >= 0.6 is 0 Å². The predicted molar refractivity (Wildman–Crippen MR) is 65.3 cm³/mol. The number of aryl methyl sites for hydroxylation is 2. The van der Waals surface area contributed by atoms with Crippen LogP contribution in [0.5, 0.6) is 0 Å². The first-order chi connectivity index (χ1) is 7.66. The van der Waals surface area contributed by atoms with Crippen molar-refractivity contribution in [2.24, 2.45) is 7.05 Å². The SMILES string of the molecule is Cc1cc(CN(C)C2CCCNC2)n(C)n1. The number of nitrogens with zero attached hydrogens (tertiary/aromatic N) is 3. The molecule has 1 fully saturated rings. The highest BCUT2D eigenvalue weighted by Gasteiger charge is 2.18. The maximum atomic E-state index is 4.38. The van der Waals surface area contributed by atoms with E-state index in [0.29, 0.717) is 6.04 Å². The van der Waals surface area contributed by atoms with E-state index < -0.39 is 0 Å². The van der Waals surface area contributed by atoms with Crippen LogP contribution in [0.3, 0.4) is 0 Å². The van der Waals surface area contributed by atoms with E-state index in [-0.39, 0.29) is 0 Å². The number of hydrogen-bond acceptors (Lipinski definition) is 3. The van der Waals surface area contributed by atoms with E-state index in [1.165, 1.54) is 25.1 Å². The molecular formula is C12H22N4. The molecule has 0 bridgehead atoms. The van der Waals surface area contributed by atoms with Gasteiger partial charge in [-0.3, -0.25) is 9.58 Å². The highest BCUT2D eigenvalue weighted by molar-refractivity contribution is 5.08. The second kappa shape index (κ2) is 4.97. The van der Waals surface area contributed by atoms with Crippen molar-refractivity contribution in [3.05, 3.63) is 17.5 Å². The van der Waals surface area contributed by atoms with Crippen LogP contribution in [0.25, 0.3) is 0 Å². The van der Waals surface area contributed by atoms with Gasteiger partial charge in [0.05, 0.1) is 11.4 Å². The Labute approximate surface area is 97.6 Å². The summed E-state index contributed by atoms with van der Waals surface area (Å²) in [6, 6.07) is 2.84. The van der Waals surface area contributed by atoms with Gasteiger partial charge in [-0.15, -0.1) is 0 Å². The number of piperidine rings is 1. The molecule has 90 valence electrons. The van der Waals surface area contributed by atoms with E-state index >= 15 is 0 Å². The minimum Gasteiger partial charge on any atom is -0.315 e. The van der Waals surface area contributed by atoms with Gasteiger partial charge in [0, 0.05) is 26.2 Å². The second-order valence-electron chi connectivity index (χ2n) is 4.82. The maximum absolute atomic E-state index is 4.38. The summed E-state index contributed by atoms with van der Waals surface area (Å²) in [7, 11) is 4.23. The van der Waals surface area contributed by atoms with Crippen molar-refractivity contribution in [2.45, 2.75) is 32.4 Å². The van der Waals surface area contributed by atoms with Crippen LogP contribution in [-0.2, 0) is 13.6 Å². The molecule has 4 nitrogen and oxygen atoms in total. The molecule has 1 aromatic rings. The van der Waals surface area contributed by atoms with E-state index in [0.717, 1.165) is 18.8 Å². The summed E-state index contributed by atoms with van der Waals surface area (Å²) in [4.78, 5) is 2.43. The normalized spacial score (nSPS) is 21.6. The predicted octanol–water partition coefficient (Wildman–Crippen LogP) is 0.912. The molecule has 0 aromatic carbocycles. The molecule has 2 heterocycles. The topological polar surface area (TPSA) is 33.1 Å². The van der Waals surface area contributed by atoms with Crippen LogP contribution in [-0.4, -0.2) is 40.9 Å². The van der Waals surface area contributed by atoms with Gasteiger partial charge < -0.3 is 5.32 Å². The van der Waals surface area contributed by atoms with E-state index in [1.54, 1.807) is 0 Å². The molecule has 1 atom stereocenters. The van der Waals surface area contributed by atoms with Crippen molar-refractivity contribution in [3.63, 3.8) is 0 Å². The van der Waals surface area contributed by atoms with Gasteiger partial charge in [0.25, 0.3) is 0 Å². The van der Waals surface area contributed by atoms with Crippen LogP contribution in [0.2, 0.25) is 0 Å². The third kappa shape index (κ3) is 2.62. The molecule has 1 N–H and O–H groups in total. The monoisotopic (exact) mass is 222 g/mol. The van der Waals surface area contributed by atoms with Crippen LogP contribution in [0.15, 0.2) is 6.07 Å². The van der Waals surface area contributed by atoms with Crippen molar-refractivity contribution in [1.29, 1.82) is 0 Å². The lowest BCUT2D eigenvalue weighted by molar-refractivity contribution is 0.192. The zero-order valence-electron chi connectivity index (χ0n) is 10.5. The smallest absolute Gasteiger partial charge is 0.0597 e. The fraction of sp³-hybridized carbons (Fsp3) is 0.750. The third-order valence-corrected chi connectivity index (χ3v) is 3.40. The summed E-state index contributed by atoms with van der Waals surface area (Å²) in [6.07, 6.45) is 2.60. The van der Waals surface area contributed by atoms with Crippen LogP contribution in [0.4, 0.5) is 0 Å². The third-order valence-electron chi connectivity index (χ3n) is 3.40. The Balaban J connectivity index is 1.95. The van der Waals surface area contributed by atoms with E-state index in [1.807, 2.05) is 18.7 Å². The highest BCUT2D eigenvalue weighted by Crippen LogP contribution is 2.12. The van der Waals surface area contributed by atoms with Crippen molar-refractivity contribution in [3.8, 4) is 0 Å². The summed E-state index contributed by atoms with van der Waals surface area (Å²) in [5.74, 6) is 0. The summed E-state index contributed by atoms with van der Waals surface area (Å²) in [5, 5.41) is 7.84. The van der Waals surface area contributed by atoms with Crippen LogP contribution in [0.1, 0.15) is 24.2 Å². The first-order valence-corrected chi connectivity index (χ1v) is 6.07. The minimum absolute atomic E-state index is 0.670. The Morgan fingerprint density at radius 1 is 1.62 bits per heavy atom. The average molecular weight is 222 g/mol. The second-order valence-corrected chi connectivity index (χ2v) is 4.82. The first kappa shape index (κ1) is 11.6. The molecule has 1 saturated heterocycles. The van der Waals surface area contributed by atoms with Gasteiger partial charge >= 0.3 is 0 Å². The summed E-state index contributed by atoms with van der Waals surface area (Å²) >= 11 is 0. The van der Waals surface area contributed by atoms with Crippen molar-refractivity contribution < 1.29 is 0 Å². The zero-order valence-corrected chi connectivity index (χ0v) is 10.5. The van der Waals surface area contributed by atoms with E-state index in [2.05, 4.69) is 28.4 Å². The molecule has 2 rings (SSSR count). The molecule has 0 spiro atoms. The summed E-state index contributed by atoms with van der Waals surface area (Å²) in [6.45, 7) is 5.33. The summed E-state index contributed by atoms with van der Waals surface area (Å²) < 4.78 is 1.99. The number of likely N-dealkylation sites (N-methyl/N-ethyl adjacent to an activating group) is 1. The first-order valence-electron chi connectivity index (χ1n) is 6.07. The van der Waals surface area contributed by atoms with Gasteiger partial charge in [0.2, 0.25) is 0 Å². The highest BCUT2D eigenvalue weighted by atomic mass is 15.3. The Morgan fingerprint density at radius 3 is 3.00 bits per heavy atom. The van der Waals surface area contributed by atoms with Crippen LogP contribution in [0, 0.1) is 6.92 Å². The fourth-order valence-corrected chi connectivity index (χ4v) is 2.41.